The molecule has 33 heavy (non-hydrogen) atoms. The van der Waals surface area contributed by atoms with Gasteiger partial charge in [0.15, 0.2) is 11.6 Å². The highest BCUT2D eigenvalue weighted by Crippen LogP contribution is 2.36. The minimum absolute atomic E-state index is 0.0202. The number of hydrogen-bond acceptors (Lipinski definition) is 6. The van der Waals surface area contributed by atoms with Gasteiger partial charge >= 0.3 is 0 Å². The molecule has 0 unspecified atom stereocenters. The lowest BCUT2D eigenvalue weighted by Crippen LogP contribution is -2.28. The number of ketones is 1. The minimum Gasteiger partial charge on any atom is -0.489 e. The fourth-order valence-electron chi connectivity index (χ4n) is 4.21. The maximum absolute atomic E-state index is 13.3. The summed E-state index contributed by atoms with van der Waals surface area (Å²) in [4.78, 5) is 30.1. The first-order valence-electron chi connectivity index (χ1n) is 10.5. The summed E-state index contributed by atoms with van der Waals surface area (Å²) in [5.74, 6) is -0.127. The van der Waals surface area contributed by atoms with Crippen molar-refractivity contribution in [1.82, 2.24) is 9.71 Å². The Morgan fingerprint density at radius 1 is 1.18 bits per heavy atom. The van der Waals surface area contributed by atoms with Crippen molar-refractivity contribution in [3.8, 4) is 17.1 Å². The standard InChI is InChI=1S/C25H21FN2O5/c1-25(2)10-19-22(20(29)11-25)28(31)24(27-19)18-13-33-21-9-16(6-7-17(21)23(18)30)32-12-14-4-3-5-15(26)8-14/h3-9,13,31H,10-12H2,1-2H3. The van der Waals surface area contributed by atoms with Gasteiger partial charge < -0.3 is 14.4 Å². The Kier molecular flexibility index (Phi) is 4.81. The molecule has 0 saturated heterocycles. The van der Waals surface area contributed by atoms with E-state index in [1.54, 1.807) is 30.3 Å². The van der Waals surface area contributed by atoms with Crippen molar-refractivity contribution >= 4 is 16.8 Å². The predicted octanol–water partition coefficient (Wildman–Crippen LogP) is 4.77. The Hall–Kier alpha value is -3.94. The molecule has 2 aromatic heterocycles. The number of rotatable bonds is 4. The molecule has 4 aromatic rings. The van der Waals surface area contributed by atoms with Gasteiger partial charge in [-0.1, -0.05) is 26.0 Å². The van der Waals surface area contributed by atoms with Gasteiger partial charge in [0.1, 0.15) is 41.3 Å². The quantitative estimate of drug-likeness (QED) is 0.452. The lowest BCUT2D eigenvalue weighted by atomic mass is 9.77. The summed E-state index contributed by atoms with van der Waals surface area (Å²) in [5, 5.41) is 10.9. The van der Waals surface area contributed by atoms with Gasteiger partial charge in [-0.2, -0.15) is 4.73 Å². The third-order valence-corrected chi connectivity index (χ3v) is 5.76. The number of fused-ring (bicyclic) bond motifs is 2. The second-order valence-corrected chi connectivity index (χ2v) is 9.04. The molecule has 0 atom stereocenters. The van der Waals surface area contributed by atoms with Crippen molar-refractivity contribution in [3.05, 3.63) is 81.7 Å². The molecule has 0 aliphatic heterocycles. The number of hydrogen-bond donors (Lipinski definition) is 1. The third-order valence-electron chi connectivity index (χ3n) is 5.76. The van der Waals surface area contributed by atoms with Crippen LogP contribution in [0.4, 0.5) is 4.39 Å². The van der Waals surface area contributed by atoms with Gasteiger partial charge in [-0.15, -0.1) is 0 Å². The number of benzene rings is 2. The smallest absolute Gasteiger partial charge is 0.203 e. The summed E-state index contributed by atoms with van der Waals surface area (Å²) in [6, 6.07) is 10.8. The summed E-state index contributed by atoms with van der Waals surface area (Å²) in [6.45, 7) is 4.08. The van der Waals surface area contributed by atoms with Crippen molar-refractivity contribution in [3.63, 3.8) is 0 Å². The molecule has 0 spiro atoms. The Morgan fingerprint density at radius 3 is 2.79 bits per heavy atom. The van der Waals surface area contributed by atoms with E-state index >= 15 is 0 Å². The number of ether oxygens (including phenoxy) is 1. The zero-order valence-corrected chi connectivity index (χ0v) is 18.1. The van der Waals surface area contributed by atoms with Gasteiger partial charge in [0.2, 0.25) is 5.43 Å². The van der Waals surface area contributed by atoms with E-state index in [2.05, 4.69) is 4.98 Å². The summed E-state index contributed by atoms with van der Waals surface area (Å²) in [6.07, 6.45) is 2.02. The van der Waals surface area contributed by atoms with Crippen LogP contribution in [-0.4, -0.2) is 20.7 Å². The molecule has 1 N–H and O–H groups in total. The first-order valence-corrected chi connectivity index (χ1v) is 10.5. The third kappa shape index (κ3) is 3.77. The number of carbonyl (C=O) groups excluding carboxylic acids is 1. The molecule has 8 heteroatoms. The Labute approximate surface area is 188 Å². The van der Waals surface area contributed by atoms with Gasteiger partial charge in [0.25, 0.3) is 0 Å². The van der Waals surface area contributed by atoms with E-state index in [1.807, 2.05) is 13.8 Å². The van der Waals surface area contributed by atoms with Gasteiger partial charge in [0.05, 0.1) is 11.1 Å². The number of nitrogens with zero attached hydrogens (tertiary/aromatic N) is 2. The number of imidazole rings is 1. The highest BCUT2D eigenvalue weighted by atomic mass is 19.1. The molecular weight excluding hydrogens is 427 g/mol. The maximum atomic E-state index is 13.3. The normalized spacial score (nSPS) is 14.9. The average molecular weight is 448 g/mol. The highest BCUT2D eigenvalue weighted by Gasteiger charge is 2.36. The minimum atomic E-state index is -0.391. The second-order valence-electron chi connectivity index (χ2n) is 9.04. The molecule has 2 heterocycles. The topological polar surface area (TPSA) is 94.6 Å². The summed E-state index contributed by atoms with van der Waals surface area (Å²) in [7, 11) is 0. The molecule has 7 nitrogen and oxygen atoms in total. The van der Waals surface area contributed by atoms with E-state index in [0.717, 1.165) is 0 Å². The number of carbonyl (C=O) groups is 1. The van der Waals surface area contributed by atoms with E-state index in [0.29, 0.717) is 33.7 Å². The first-order chi connectivity index (χ1) is 15.7. The van der Waals surface area contributed by atoms with Crippen LogP contribution in [0.15, 0.2) is 57.9 Å². The van der Waals surface area contributed by atoms with E-state index in [-0.39, 0.29) is 52.5 Å². The highest BCUT2D eigenvalue weighted by molar-refractivity contribution is 5.98. The van der Waals surface area contributed by atoms with Crippen LogP contribution < -0.4 is 10.2 Å². The van der Waals surface area contributed by atoms with Gasteiger partial charge in [-0.05, 0) is 41.7 Å². The second kappa shape index (κ2) is 7.58. The van der Waals surface area contributed by atoms with E-state index in [4.69, 9.17) is 9.15 Å². The lowest BCUT2D eigenvalue weighted by Gasteiger charge is -2.27. The monoisotopic (exact) mass is 448 g/mol. The molecule has 168 valence electrons. The van der Waals surface area contributed by atoms with Crippen molar-refractivity contribution in [2.24, 2.45) is 5.41 Å². The van der Waals surface area contributed by atoms with Gasteiger partial charge in [0, 0.05) is 12.5 Å². The zero-order chi connectivity index (χ0) is 23.3. The van der Waals surface area contributed by atoms with Crippen LogP contribution in [0.5, 0.6) is 5.75 Å². The molecule has 0 fully saturated rings. The number of halogens is 1. The predicted molar refractivity (Wildman–Crippen MR) is 118 cm³/mol. The summed E-state index contributed by atoms with van der Waals surface area (Å²) >= 11 is 0. The van der Waals surface area contributed by atoms with Crippen LogP contribution >= 0.6 is 0 Å². The van der Waals surface area contributed by atoms with Crippen LogP contribution in [0.2, 0.25) is 0 Å². The Bertz CT molecular complexity index is 1470. The largest absolute Gasteiger partial charge is 0.489 e. The van der Waals surface area contributed by atoms with E-state index in [9.17, 15) is 19.2 Å². The van der Waals surface area contributed by atoms with E-state index in [1.165, 1.54) is 18.4 Å². The van der Waals surface area contributed by atoms with Crippen molar-refractivity contribution in [2.75, 3.05) is 0 Å². The van der Waals surface area contributed by atoms with Gasteiger partial charge in [-0.25, -0.2) is 9.37 Å². The van der Waals surface area contributed by atoms with Crippen LogP contribution in [0.1, 0.15) is 42.0 Å². The number of Topliss-reactive ketones (excluding diaryl/α,β-unsaturated/α-hetero) is 1. The van der Waals surface area contributed by atoms with Crippen LogP contribution in [0, 0.1) is 11.2 Å². The molecule has 5 rings (SSSR count). The van der Waals surface area contributed by atoms with Crippen LogP contribution in [0.3, 0.4) is 0 Å². The molecule has 0 amide bonds. The van der Waals surface area contributed by atoms with Gasteiger partial charge in [-0.3, -0.25) is 9.59 Å². The SMILES string of the molecule is CC1(C)CC(=O)c2c(nc(-c3coc4cc(OCc5cccc(F)c5)ccc4c3=O)n2O)C1. The fraction of sp³-hybridized carbons (Fsp3) is 0.240. The fourth-order valence-corrected chi connectivity index (χ4v) is 4.21. The Morgan fingerprint density at radius 2 is 2.00 bits per heavy atom. The number of aromatic nitrogens is 2. The average Bonchev–Trinajstić information content (AvgIpc) is 3.07. The molecule has 1 aliphatic carbocycles. The molecule has 0 radical (unpaired) electrons. The molecule has 0 bridgehead atoms. The summed E-state index contributed by atoms with van der Waals surface area (Å²) < 4.78 is 25.4. The lowest BCUT2D eigenvalue weighted by molar-refractivity contribution is 0.0858. The van der Waals surface area contributed by atoms with Crippen LogP contribution in [0.25, 0.3) is 22.4 Å². The molecule has 1 aliphatic rings. The first kappa shape index (κ1) is 20.9. The molecule has 2 aromatic carbocycles. The molecular formula is C25H21FN2O5. The maximum Gasteiger partial charge on any atom is 0.203 e. The summed E-state index contributed by atoms with van der Waals surface area (Å²) in [5.41, 5.74) is 0.933. The van der Waals surface area contributed by atoms with Crippen molar-refractivity contribution < 1.29 is 23.5 Å². The van der Waals surface area contributed by atoms with Crippen LogP contribution in [-0.2, 0) is 13.0 Å². The molecule has 0 saturated carbocycles. The van der Waals surface area contributed by atoms with E-state index < -0.39 is 5.43 Å². The van der Waals surface area contributed by atoms with Crippen molar-refractivity contribution in [2.45, 2.75) is 33.3 Å². The zero-order valence-electron chi connectivity index (χ0n) is 18.1. The van der Waals surface area contributed by atoms with Crippen molar-refractivity contribution in [1.29, 1.82) is 0 Å². The Balaban J connectivity index is 1.48.